The van der Waals surface area contributed by atoms with Gasteiger partial charge in [0.05, 0.1) is 0 Å². The third-order valence-electron chi connectivity index (χ3n) is 6.64. The lowest BCUT2D eigenvalue weighted by molar-refractivity contribution is 0.0908. The van der Waals surface area contributed by atoms with Gasteiger partial charge in [0.25, 0.3) is 17.7 Å². The van der Waals surface area contributed by atoms with Crippen molar-refractivity contribution in [2.45, 2.75) is 59.5 Å². The van der Waals surface area contributed by atoms with Crippen molar-refractivity contribution >= 4 is 34.2 Å². The van der Waals surface area contributed by atoms with Gasteiger partial charge in [-0.3, -0.25) is 19.7 Å². The lowest BCUT2D eigenvalue weighted by Gasteiger charge is -2.28. The molecule has 0 spiro atoms. The lowest BCUT2D eigenvalue weighted by Crippen LogP contribution is -2.41. The molecule has 1 unspecified atom stereocenters. The molecule has 1 aliphatic rings. The molecule has 4 rings (SSSR count). The average molecular weight is 523 g/mol. The van der Waals surface area contributed by atoms with Gasteiger partial charge in [0, 0.05) is 40.4 Å². The number of benzene rings is 2. The number of amides is 3. The Morgan fingerprint density at radius 2 is 1.76 bits per heavy atom. The maximum absolute atomic E-state index is 15.0. The monoisotopic (exact) mass is 522 g/mol. The van der Waals surface area contributed by atoms with Crippen LogP contribution in [-0.2, 0) is 0 Å². The van der Waals surface area contributed by atoms with E-state index in [-0.39, 0.29) is 40.4 Å². The van der Waals surface area contributed by atoms with Gasteiger partial charge in [-0.05, 0) is 73.1 Å². The molecule has 2 aromatic carbocycles. The van der Waals surface area contributed by atoms with E-state index in [0.717, 1.165) is 12.8 Å². The molecule has 0 bridgehead atoms. The third kappa shape index (κ3) is 6.22. The van der Waals surface area contributed by atoms with Crippen molar-refractivity contribution in [3.8, 4) is 11.1 Å². The number of anilines is 1. The van der Waals surface area contributed by atoms with Gasteiger partial charge in [-0.15, -0.1) is 11.3 Å². The van der Waals surface area contributed by atoms with E-state index in [9.17, 15) is 18.8 Å². The predicted molar refractivity (Wildman–Crippen MR) is 144 cm³/mol. The summed E-state index contributed by atoms with van der Waals surface area (Å²) in [6.07, 6.45) is 3.39. The molecule has 0 saturated heterocycles. The number of carbonyl (C=O) groups is 3. The molecular formula is C28H31FN4O3S. The molecule has 1 aliphatic carbocycles. The van der Waals surface area contributed by atoms with Gasteiger partial charge < -0.3 is 10.6 Å². The Hall–Kier alpha value is -3.59. The molecule has 1 aromatic heterocycles. The van der Waals surface area contributed by atoms with Crippen LogP contribution in [0.2, 0.25) is 0 Å². The Bertz CT molecular complexity index is 1340. The Balaban J connectivity index is 1.77. The van der Waals surface area contributed by atoms with Crippen LogP contribution in [-0.4, -0.2) is 34.8 Å². The number of nitrogens with one attached hydrogen (secondary N) is 3. The predicted octanol–water partition coefficient (Wildman–Crippen LogP) is 5.57. The molecule has 0 aliphatic heterocycles. The van der Waals surface area contributed by atoms with Gasteiger partial charge in [-0.1, -0.05) is 26.8 Å². The third-order valence-corrected chi connectivity index (χ3v) is 7.32. The summed E-state index contributed by atoms with van der Waals surface area (Å²) in [7, 11) is 0. The van der Waals surface area contributed by atoms with Crippen molar-refractivity contribution in [3.63, 3.8) is 0 Å². The maximum Gasteiger partial charge on any atom is 0.258 e. The zero-order valence-electron chi connectivity index (χ0n) is 21.6. The fourth-order valence-electron chi connectivity index (χ4n) is 3.64. The van der Waals surface area contributed by atoms with Gasteiger partial charge in [-0.25, -0.2) is 9.37 Å². The summed E-state index contributed by atoms with van der Waals surface area (Å²) in [6.45, 7) is 9.60. The molecule has 7 nitrogen and oxygen atoms in total. The van der Waals surface area contributed by atoms with Crippen LogP contribution in [0.15, 0.2) is 41.9 Å². The second-order valence-electron chi connectivity index (χ2n) is 10.5. The number of aromatic nitrogens is 1. The van der Waals surface area contributed by atoms with Crippen molar-refractivity contribution in [2.75, 3.05) is 5.32 Å². The normalized spacial score (nSPS) is 14.1. The molecule has 0 radical (unpaired) electrons. The SMILES string of the molecule is Cc1c(F)cc(C(=O)NC2CC2)cc1-c1ccc(C(=O)NC(C)C(C)(C)C)cc1C(=O)Nc1nccs1. The van der Waals surface area contributed by atoms with E-state index >= 15 is 0 Å². The van der Waals surface area contributed by atoms with Crippen LogP contribution < -0.4 is 16.0 Å². The van der Waals surface area contributed by atoms with Crippen molar-refractivity contribution in [1.29, 1.82) is 0 Å². The quantitative estimate of drug-likeness (QED) is 0.378. The highest BCUT2D eigenvalue weighted by molar-refractivity contribution is 7.13. The van der Waals surface area contributed by atoms with Gasteiger partial charge in [0.15, 0.2) is 5.13 Å². The summed E-state index contributed by atoms with van der Waals surface area (Å²) in [5, 5.41) is 10.7. The summed E-state index contributed by atoms with van der Waals surface area (Å²) < 4.78 is 15.0. The highest BCUT2D eigenvalue weighted by atomic mass is 32.1. The topological polar surface area (TPSA) is 100 Å². The average Bonchev–Trinajstić information content (AvgIpc) is 3.51. The van der Waals surface area contributed by atoms with Gasteiger partial charge in [0.2, 0.25) is 0 Å². The molecular weight excluding hydrogens is 491 g/mol. The second-order valence-corrected chi connectivity index (χ2v) is 11.4. The number of hydrogen-bond acceptors (Lipinski definition) is 5. The summed E-state index contributed by atoms with van der Waals surface area (Å²) >= 11 is 1.26. The van der Waals surface area contributed by atoms with E-state index in [0.29, 0.717) is 27.4 Å². The summed E-state index contributed by atoms with van der Waals surface area (Å²) in [4.78, 5) is 43.2. The Morgan fingerprint density at radius 3 is 2.38 bits per heavy atom. The number of rotatable bonds is 7. The molecule has 1 heterocycles. The van der Waals surface area contributed by atoms with Gasteiger partial charge >= 0.3 is 0 Å². The molecule has 3 amide bonds. The van der Waals surface area contributed by atoms with Gasteiger partial charge in [-0.2, -0.15) is 0 Å². The molecule has 37 heavy (non-hydrogen) atoms. The first-order valence-corrected chi connectivity index (χ1v) is 13.1. The minimum atomic E-state index is -0.550. The Morgan fingerprint density at radius 1 is 1.03 bits per heavy atom. The van der Waals surface area contributed by atoms with Crippen molar-refractivity contribution < 1.29 is 18.8 Å². The van der Waals surface area contributed by atoms with E-state index in [2.05, 4.69) is 20.9 Å². The minimum Gasteiger partial charge on any atom is -0.349 e. The zero-order valence-corrected chi connectivity index (χ0v) is 22.4. The van der Waals surface area contributed by atoms with Crippen LogP contribution in [0.3, 0.4) is 0 Å². The summed E-state index contributed by atoms with van der Waals surface area (Å²) in [5.74, 6) is -1.72. The van der Waals surface area contributed by atoms with Crippen molar-refractivity contribution in [2.24, 2.45) is 5.41 Å². The molecule has 1 fully saturated rings. The summed E-state index contributed by atoms with van der Waals surface area (Å²) in [5.41, 5.74) is 1.60. The van der Waals surface area contributed by atoms with E-state index in [1.54, 1.807) is 36.7 Å². The van der Waals surface area contributed by atoms with Crippen LogP contribution in [0.5, 0.6) is 0 Å². The maximum atomic E-state index is 15.0. The van der Waals surface area contributed by atoms with Crippen molar-refractivity contribution in [3.05, 3.63) is 70.0 Å². The minimum absolute atomic E-state index is 0.119. The second kappa shape index (κ2) is 10.4. The van der Waals surface area contributed by atoms with Crippen molar-refractivity contribution in [1.82, 2.24) is 15.6 Å². The Labute approximate surface area is 219 Å². The first kappa shape index (κ1) is 26.5. The first-order valence-electron chi connectivity index (χ1n) is 12.2. The molecule has 3 aromatic rings. The van der Waals surface area contributed by atoms with Crippen LogP contribution in [0, 0.1) is 18.2 Å². The first-order chi connectivity index (χ1) is 17.4. The fourth-order valence-corrected chi connectivity index (χ4v) is 4.16. The van der Waals surface area contributed by atoms with Crippen LogP contribution in [0.25, 0.3) is 11.1 Å². The molecule has 1 saturated carbocycles. The van der Waals surface area contributed by atoms with E-state index in [1.807, 2.05) is 27.7 Å². The van der Waals surface area contributed by atoms with Crippen LogP contribution in [0.4, 0.5) is 9.52 Å². The smallest absolute Gasteiger partial charge is 0.258 e. The van der Waals surface area contributed by atoms with Gasteiger partial charge in [0.1, 0.15) is 5.82 Å². The van der Waals surface area contributed by atoms with E-state index in [1.165, 1.54) is 23.5 Å². The zero-order chi connectivity index (χ0) is 26.9. The molecule has 1 atom stereocenters. The number of carbonyl (C=O) groups excluding carboxylic acids is 3. The largest absolute Gasteiger partial charge is 0.349 e. The van der Waals surface area contributed by atoms with E-state index < -0.39 is 11.7 Å². The number of nitrogens with zero attached hydrogens (tertiary/aromatic N) is 1. The summed E-state index contributed by atoms with van der Waals surface area (Å²) in [6, 6.07) is 7.52. The number of halogens is 1. The van der Waals surface area contributed by atoms with Crippen LogP contribution in [0.1, 0.15) is 77.2 Å². The molecule has 3 N–H and O–H groups in total. The standard InChI is InChI=1S/C28H31FN4O3S/c1-15-21(13-18(14-23(15)29)25(35)32-19-7-8-19)20-9-6-17(24(34)31-16(2)28(3,4)5)12-22(20)26(36)33-27-30-10-11-37-27/h6,9-14,16,19H,7-8H2,1-5H3,(H,31,34)(H,32,35)(H,30,33,36). The number of hydrogen-bond donors (Lipinski definition) is 3. The van der Waals surface area contributed by atoms with Crippen LogP contribution >= 0.6 is 11.3 Å². The molecule has 194 valence electrons. The lowest BCUT2D eigenvalue weighted by atomic mass is 9.87. The Kier molecular flexibility index (Phi) is 7.45. The highest BCUT2D eigenvalue weighted by Gasteiger charge is 2.26. The number of thiazole rings is 1. The van der Waals surface area contributed by atoms with E-state index in [4.69, 9.17) is 0 Å². The highest BCUT2D eigenvalue weighted by Crippen LogP contribution is 2.32. The fraction of sp³-hybridized carbons (Fsp3) is 0.357. The molecule has 9 heteroatoms.